The number of ether oxygens (including phenoxy) is 2. The van der Waals surface area contributed by atoms with Crippen LogP contribution in [0.25, 0.3) is 11.2 Å². The van der Waals surface area contributed by atoms with Crippen LogP contribution in [0, 0.1) is 0 Å². The second kappa shape index (κ2) is 8.09. The molecule has 10 nitrogen and oxygen atoms in total. The van der Waals surface area contributed by atoms with Crippen molar-refractivity contribution in [2.24, 2.45) is 12.1 Å². The highest BCUT2D eigenvalue weighted by Crippen LogP contribution is 2.16. The van der Waals surface area contributed by atoms with Crippen molar-refractivity contribution in [1.82, 2.24) is 19.1 Å². The zero-order valence-corrected chi connectivity index (χ0v) is 16.1. The van der Waals surface area contributed by atoms with Crippen LogP contribution >= 0.6 is 0 Å². The van der Waals surface area contributed by atoms with E-state index in [4.69, 9.17) is 9.47 Å². The Bertz CT molecular complexity index is 1120. The second-order valence-corrected chi connectivity index (χ2v) is 6.11. The Morgan fingerprint density at radius 3 is 2.61 bits per heavy atom. The number of benzene rings is 1. The summed E-state index contributed by atoms with van der Waals surface area (Å²) < 4.78 is 13.2. The molecule has 0 aliphatic carbocycles. The second-order valence-electron chi connectivity index (χ2n) is 6.11. The first-order valence-corrected chi connectivity index (χ1v) is 8.59. The lowest BCUT2D eigenvalue weighted by Gasteiger charge is -2.08. The summed E-state index contributed by atoms with van der Waals surface area (Å²) in [5, 5.41) is 4.37. The Kier molecular flexibility index (Phi) is 5.59. The number of imidazole rings is 1. The Morgan fingerprint density at radius 1 is 1.25 bits per heavy atom. The number of nitrogens with one attached hydrogen (secondary N) is 2. The molecule has 0 amide bonds. The maximum atomic E-state index is 12.3. The van der Waals surface area contributed by atoms with Gasteiger partial charge < -0.3 is 14.0 Å². The highest BCUT2D eigenvalue weighted by molar-refractivity contribution is 5.99. The van der Waals surface area contributed by atoms with Crippen LogP contribution < -0.4 is 21.4 Å². The molecule has 3 aromatic rings. The first-order chi connectivity index (χ1) is 13.5. The topological polar surface area (TPSA) is 116 Å². The summed E-state index contributed by atoms with van der Waals surface area (Å²) in [7, 11) is 4.72. The number of nitrogens with zero attached hydrogens (tertiary/aromatic N) is 4. The molecule has 0 unspecified atom stereocenters. The zero-order chi connectivity index (χ0) is 20.3. The van der Waals surface area contributed by atoms with E-state index in [1.807, 2.05) is 31.2 Å². The molecule has 2 aromatic heterocycles. The van der Waals surface area contributed by atoms with Crippen LogP contribution in [-0.4, -0.2) is 45.6 Å². The van der Waals surface area contributed by atoms with E-state index < -0.39 is 11.2 Å². The maximum Gasteiger partial charge on any atom is 0.329 e. The van der Waals surface area contributed by atoms with Crippen molar-refractivity contribution in [1.29, 1.82) is 0 Å². The van der Waals surface area contributed by atoms with E-state index in [9.17, 15) is 9.59 Å². The molecule has 0 radical (unpaired) electrons. The number of aromatic amines is 1. The predicted octanol–water partition coefficient (Wildman–Crippen LogP) is 0.914. The molecule has 1 aromatic carbocycles. The Morgan fingerprint density at radius 2 is 1.96 bits per heavy atom. The minimum Gasteiger partial charge on any atom is -0.497 e. The van der Waals surface area contributed by atoms with Gasteiger partial charge in [0.2, 0.25) is 5.95 Å². The van der Waals surface area contributed by atoms with Crippen LogP contribution in [0.5, 0.6) is 5.75 Å². The molecule has 28 heavy (non-hydrogen) atoms. The SMILES string of the molecule is COCCn1c(NN=C(C)c2ccc(OC)cc2)nc2c1c(=O)[nH]c(=O)n2C. The molecule has 10 heteroatoms. The molecule has 0 bridgehead atoms. The minimum atomic E-state index is -0.529. The third-order valence-corrected chi connectivity index (χ3v) is 4.36. The molecular weight excluding hydrogens is 364 g/mol. The average molecular weight is 386 g/mol. The summed E-state index contributed by atoms with van der Waals surface area (Å²) >= 11 is 0. The van der Waals surface area contributed by atoms with E-state index in [1.165, 1.54) is 4.57 Å². The molecule has 2 heterocycles. The van der Waals surface area contributed by atoms with Crippen LogP contribution in [0.3, 0.4) is 0 Å². The van der Waals surface area contributed by atoms with Gasteiger partial charge in [0.05, 0.1) is 19.4 Å². The largest absolute Gasteiger partial charge is 0.497 e. The van der Waals surface area contributed by atoms with E-state index in [2.05, 4.69) is 20.5 Å². The van der Waals surface area contributed by atoms with Gasteiger partial charge in [0.25, 0.3) is 5.56 Å². The highest BCUT2D eigenvalue weighted by atomic mass is 16.5. The fraction of sp³-hybridized carbons (Fsp3) is 0.333. The number of aryl methyl sites for hydroxylation is 1. The van der Waals surface area contributed by atoms with Crippen molar-refractivity contribution >= 4 is 22.8 Å². The molecule has 3 rings (SSSR count). The van der Waals surface area contributed by atoms with Crippen molar-refractivity contribution in [2.75, 3.05) is 26.3 Å². The first-order valence-electron chi connectivity index (χ1n) is 8.59. The number of aromatic nitrogens is 4. The lowest BCUT2D eigenvalue weighted by Crippen LogP contribution is -2.29. The summed E-state index contributed by atoms with van der Waals surface area (Å²) in [4.78, 5) is 30.9. The van der Waals surface area contributed by atoms with Gasteiger partial charge in [-0.1, -0.05) is 0 Å². The summed E-state index contributed by atoms with van der Waals surface area (Å²) in [5.41, 5.74) is 4.02. The van der Waals surface area contributed by atoms with Gasteiger partial charge in [-0.3, -0.25) is 14.3 Å². The summed E-state index contributed by atoms with van der Waals surface area (Å²) in [6, 6.07) is 7.47. The van der Waals surface area contributed by atoms with Crippen molar-refractivity contribution in [2.45, 2.75) is 13.5 Å². The quantitative estimate of drug-likeness (QED) is 0.461. The van der Waals surface area contributed by atoms with Gasteiger partial charge in [-0.2, -0.15) is 10.1 Å². The number of rotatable bonds is 7. The number of hydrazone groups is 1. The smallest absolute Gasteiger partial charge is 0.329 e. The van der Waals surface area contributed by atoms with Crippen molar-refractivity contribution in [3.63, 3.8) is 0 Å². The van der Waals surface area contributed by atoms with Crippen molar-refractivity contribution < 1.29 is 9.47 Å². The van der Waals surface area contributed by atoms with Gasteiger partial charge in [-0.05, 0) is 36.8 Å². The molecule has 0 saturated heterocycles. The minimum absolute atomic E-state index is 0.268. The Hall–Kier alpha value is -3.40. The molecule has 2 N–H and O–H groups in total. The summed E-state index contributed by atoms with van der Waals surface area (Å²) in [6.45, 7) is 2.58. The van der Waals surface area contributed by atoms with E-state index in [0.717, 1.165) is 17.0 Å². The van der Waals surface area contributed by atoms with Crippen LogP contribution in [0.4, 0.5) is 5.95 Å². The third kappa shape index (κ3) is 3.67. The molecule has 0 aliphatic rings. The maximum absolute atomic E-state index is 12.3. The molecule has 0 fully saturated rings. The molecular formula is C18H22N6O4. The van der Waals surface area contributed by atoms with Crippen molar-refractivity contribution in [3.05, 3.63) is 50.7 Å². The standard InChI is InChI=1S/C18H22N6O4/c1-11(12-5-7-13(28-4)8-6-12)21-22-17-19-15-14(24(17)9-10-27-3)16(25)20-18(26)23(15)2/h5-8H,9-10H2,1-4H3,(H,19,22)(H,20,25,26). The van der Waals surface area contributed by atoms with E-state index >= 15 is 0 Å². The molecule has 0 aliphatic heterocycles. The van der Waals surface area contributed by atoms with E-state index in [-0.39, 0.29) is 11.2 Å². The van der Waals surface area contributed by atoms with E-state index in [0.29, 0.717) is 19.1 Å². The van der Waals surface area contributed by atoms with Gasteiger partial charge in [-0.15, -0.1) is 0 Å². The van der Waals surface area contributed by atoms with E-state index in [1.54, 1.807) is 25.8 Å². The molecule has 0 spiro atoms. The van der Waals surface area contributed by atoms with Gasteiger partial charge in [-0.25, -0.2) is 10.2 Å². The summed E-state index contributed by atoms with van der Waals surface area (Å²) in [5.74, 6) is 1.10. The zero-order valence-electron chi connectivity index (χ0n) is 16.1. The molecule has 0 saturated carbocycles. The van der Waals surface area contributed by atoms with Gasteiger partial charge >= 0.3 is 5.69 Å². The van der Waals surface area contributed by atoms with Gasteiger partial charge in [0, 0.05) is 20.7 Å². The third-order valence-electron chi connectivity index (χ3n) is 4.36. The normalized spacial score (nSPS) is 11.8. The number of hydrogen-bond acceptors (Lipinski definition) is 7. The monoisotopic (exact) mass is 386 g/mol. The lowest BCUT2D eigenvalue weighted by molar-refractivity contribution is 0.188. The predicted molar refractivity (Wildman–Crippen MR) is 106 cm³/mol. The fourth-order valence-corrected chi connectivity index (χ4v) is 2.75. The average Bonchev–Trinajstić information content (AvgIpc) is 3.07. The van der Waals surface area contributed by atoms with Crippen molar-refractivity contribution in [3.8, 4) is 5.75 Å². The van der Waals surface area contributed by atoms with Crippen LogP contribution in [0.1, 0.15) is 12.5 Å². The summed E-state index contributed by atoms with van der Waals surface area (Å²) in [6.07, 6.45) is 0. The van der Waals surface area contributed by atoms with Gasteiger partial charge in [0.1, 0.15) is 5.75 Å². The number of methoxy groups -OCH3 is 2. The molecule has 0 atom stereocenters. The highest BCUT2D eigenvalue weighted by Gasteiger charge is 2.17. The Labute approximate surface area is 160 Å². The fourth-order valence-electron chi connectivity index (χ4n) is 2.75. The number of hydrogen-bond donors (Lipinski definition) is 2. The van der Waals surface area contributed by atoms with Crippen LogP contribution in [-0.2, 0) is 18.3 Å². The number of H-pyrrole nitrogens is 1. The van der Waals surface area contributed by atoms with Crippen LogP contribution in [0.15, 0.2) is 39.0 Å². The number of fused-ring (bicyclic) bond motifs is 1. The van der Waals surface area contributed by atoms with Crippen LogP contribution in [0.2, 0.25) is 0 Å². The number of anilines is 1. The van der Waals surface area contributed by atoms with Gasteiger partial charge in [0.15, 0.2) is 11.2 Å². The molecule has 148 valence electrons. The lowest BCUT2D eigenvalue weighted by atomic mass is 10.1. The Balaban J connectivity index is 2.01. The first kappa shape index (κ1) is 19.4.